The molecule has 2 aromatic rings. The molecular formula is C12H13N3O5S. The Balaban J connectivity index is 2.27. The van der Waals surface area contributed by atoms with Crippen LogP contribution < -0.4 is 9.46 Å². The first-order valence-electron chi connectivity index (χ1n) is 5.88. The van der Waals surface area contributed by atoms with Crippen LogP contribution in [0.5, 0.6) is 5.75 Å². The van der Waals surface area contributed by atoms with Gasteiger partial charge in [-0.05, 0) is 23.8 Å². The van der Waals surface area contributed by atoms with Gasteiger partial charge in [-0.15, -0.1) is 0 Å². The molecule has 0 saturated heterocycles. The van der Waals surface area contributed by atoms with Crippen LogP contribution in [0.25, 0.3) is 0 Å². The van der Waals surface area contributed by atoms with Gasteiger partial charge in [-0.2, -0.15) is 0 Å². The zero-order chi connectivity index (χ0) is 15.5. The van der Waals surface area contributed by atoms with Crippen molar-refractivity contribution in [1.29, 1.82) is 0 Å². The number of ether oxygens (including phenoxy) is 1. The van der Waals surface area contributed by atoms with E-state index in [1.165, 1.54) is 19.2 Å². The fraction of sp³-hybridized carbons (Fsp3) is 0.167. The molecule has 0 unspecified atom stereocenters. The molecule has 2 rings (SSSR count). The molecule has 1 heterocycles. The molecule has 1 aromatic heterocycles. The summed E-state index contributed by atoms with van der Waals surface area (Å²) in [6.45, 7) is 0.0889. The van der Waals surface area contributed by atoms with Crippen molar-refractivity contribution >= 4 is 15.7 Å². The van der Waals surface area contributed by atoms with Gasteiger partial charge in [0.15, 0.2) is 5.75 Å². The Morgan fingerprint density at radius 3 is 2.71 bits per heavy atom. The summed E-state index contributed by atoms with van der Waals surface area (Å²) in [7, 11) is -2.56. The first-order chi connectivity index (χ1) is 9.94. The smallest absolute Gasteiger partial charge is 0.312 e. The standard InChI is InChI=1S/C12H13N3O5S/c1-20-12-3-2-10(6-11(12)15(16)17)21(18,19)14-8-9-4-5-13-7-9/h2-7,13-14H,8H2,1H3. The van der Waals surface area contributed by atoms with Crippen LogP contribution in [-0.4, -0.2) is 25.4 Å². The number of hydrogen-bond donors (Lipinski definition) is 2. The number of methoxy groups -OCH3 is 1. The summed E-state index contributed by atoms with van der Waals surface area (Å²) in [4.78, 5) is 12.8. The molecule has 21 heavy (non-hydrogen) atoms. The van der Waals surface area contributed by atoms with Gasteiger partial charge in [-0.3, -0.25) is 10.1 Å². The zero-order valence-electron chi connectivity index (χ0n) is 11.1. The minimum absolute atomic E-state index is 0.00424. The third-order valence-electron chi connectivity index (χ3n) is 2.79. The average Bonchev–Trinajstić information content (AvgIpc) is 2.97. The van der Waals surface area contributed by atoms with E-state index >= 15 is 0 Å². The highest BCUT2D eigenvalue weighted by Crippen LogP contribution is 2.29. The molecule has 1 aromatic carbocycles. The minimum Gasteiger partial charge on any atom is -0.490 e. The summed E-state index contributed by atoms with van der Waals surface area (Å²) in [6.07, 6.45) is 3.32. The summed E-state index contributed by atoms with van der Waals surface area (Å²) in [6, 6.07) is 5.20. The zero-order valence-corrected chi connectivity index (χ0v) is 11.9. The number of aromatic nitrogens is 1. The van der Waals surface area contributed by atoms with Crippen LogP contribution in [0.2, 0.25) is 0 Å². The molecule has 0 aliphatic heterocycles. The van der Waals surface area contributed by atoms with Gasteiger partial charge in [-0.1, -0.05) is 0 Å². The highest BCUT2D eigenvalue weighted by Gasteiger charge is 2.21. The first-order valence-corrected chi connectivity index (χ1v) is 7.36. The summed E-state index contributed by atoms with van der Waals surface area (Å²) < 4.78 is 31.4. The van der Waals surface area contributed by atoms with Gasteiger partial charge < -0.3 is 9.72 Å². The molecule has 0 fully saturated rings. The van der Waals surface area contributed by atoms with E-state index in [2.05, 4.69) is 9.71 Å². The van der Waals surface area contributed by atoms with Gasteiger partial charge in [0.2, 0.25) is 10.0 Å². The van der Waals surface area contributed by atoms with Crippen molar-refractivity contribution in [2.75, 3.05) is 7.11 Å². The minimum atomic E-state index is -3.84. The molecular weight excluding hydrogens is 298 g/mol. The van der Waals surface area contributed by atoms with Gasteiger partial charge in [0.1, 0.15) is 0 Å². The maximum atomic E-state index is 12.1. The maximum absolute atomic E-state index is 12.1. The van der Waals surface area contributed by atoms with Crippen molar-refractivity contribution in [2.24, 2.45) is 0 Å². The second-order valence-electron chi connectivity index (χ2n) is 4.13. The summed E-state index contributed by atoms with van der Waals surface area (Å²) in [5.74, 6) is 0.00424. The predicted octanol–water partition coefficient (Wildman–Crippen LogP) is 1.41. The largest absolute Gasteiger partial charge is 0.490 e. The predicted molar refractivity (Wildman–Crippen MR) is 74.5 cm³/mol. The Morgan fingerprint density at radius 1 is 1.38 bits per heavy atom. The molecule has 0 bridgehead atoms. The lowest BCUT2D eigenvalue weighted by molar-refractivity contribution is -0.386. The number of benzene rings is 1. The van der Waals surface area contributed by atoms with Crippen molar-refractivity contribution in [3.05, 3.63) is 52.3 Å². The number of sulfonamides is 1. The number of aromatic amines is 1. The molecule has 0 radical (unpaired) electrons. The normalized spacial score (nSPS) is 11.3. The second kappa shape index (κ2) is 5.94. The van der Waals surface area contributed by atoms with Gasteiger partial charge in [0, 0.05) is 25.0 Å². The van der Waals surface area contributed by atoms with E-state index < -0.39 is 20.6 Å². The van der Waals surface area contributed by atoms with E-state index in [0.717, 1.165) is 11.6 Å². The number of nitro benzene ring substituents is 1. The topological polar surface area (TPSA) is 114 Å². The molecule has 0 aliphatic rings. The van der Waals surface area contributed by atoms with Gasteiger partial charge in [0.05, 0.1) is 16.9 Å². The van der Waals surface area contributed by atoms with Gasteiger partial charge in [-0.25, -0.2) is 13.1 Å². The third kappa shape index (κ3) is 3.38. The molecule has 0 spiro atoms. The number of hydrogen-bond acceptors (Lipinski definition) is 5. The summed E-state index contributed by atoms with van der Waals surface area (Å²) >= 11 is 0. The molecule has 9 heteroatoms. The quantitative estimate of drug-likeness (QED) is 0.618. The Bertz CT molecular complexity index is 740. The van der Waals surface area contributed by atoms with Crippen molar-refractivity contribution in [2.45, 2.75) is 11.4 Å². The molecule has 2 N–H and O–H groups in total. The Morgan fingerprint density at radius 2 is 2.14 bits per heavy atom. The van der Waals surface area contributed by atoms with E-state index in [0.29, 0.717) is 0 Å². The van der Waals surface area contributed by atoms with E-state index in [-0.39, 0.29) is 17.2 Å². The number of nitrogens with zero attached hydrogens (tertiary/aromatic N) is 1. The molecule has 0 amide bonds. The van der Waals surface area contributed by atoms with Crippen LogP contribution in [0.15, 0.2) is 41.6 Å². The first kappa shape index (κ1) is 15.0. The van der Waals surface area contributed by atoms with Crippen LogP contribution in [0.1, 0.15) is 5.56 Å². The average molecular weight is 311 g/mol. The van der Waals surface area contributed by atoms with E-state index in [1.54, 1.807) is 18.5 Å². The maximum Gasteiger partial charge on any atom is 0.312 e. The van der Waals surface area contributed by atoms with Gasteiger partial charge >= 0.3 is 5.69 Å². The molecule has 112 valence electrons. The van der Waals surface area contributed by atoms with Crippen LogP contribution >= 0.6 is 0 Å². The fourth-order valence-electron chi connectivity index (χ4n) is 1.71. The van der Waals surface area contributed by atoms with E-state index in [4.69, 9.17) is 4.74 Å². The fourth-order valence-corrected chi connectivity index (χ4v) is 2.75. The number of nitro groups is 1. The van der Waals surface area contributed by atoms with E-state index in [1.807, 2.05) is 0 Å². The van der Waals surface area contributed by atoms with E-state index in [9.17, 15) is 18.5 Å². The lowest BCUT2D eigenvalue weighted by Crippen LogP contribution is -2.23. The highest BCUT2D eigenvalue weighted by atomic mass is 32.2. The third-order valence-corrected chi connectivity index (χ3v) is 4.18. The highest BCUT2D eigenvalue weighted by molar-refractivity contribution is 7.89. The number of H-pyrrole nitrogens is 1. The van der Waals surface area contributed by atoms with Crippen molar-refractivity contribution in [3.8, 4) is 5.75 Å². The Hall–Kier alpha value is -2.39. The van der Waals surface area contributed by atoms with Crippen LogP contribution in [0.3, 0.4) is 0 Å². The Labute approximate surface area is 121 Å². The second-order valence-corrected chi connectivity index (χ2v) is 5.90. The summed E-state index contributed by atoms with van der Waals surface area (Å²) in [5, 5.41) is 10.9. The molecule has 0 atom stereocenters. The monoisotopic (exact) mass is 311 g/mol. The molecule has 0 aliphatic carbocycles. The van der Waals surface area contributed by atoms with Crippen molar-refractivity contribution in [3.63, 3.8) is 0 Å². The summed E-state index contributed by atoms with van der Waals surface area (Å²) in [5.41, 5.74) is 0.351. The number of rotatable bonds is 6. The van der Waals surface area contributed by atoms with Crippen LogP contribution in [-0.2, 0) is 16.6 Å². The molecule has 8 nitrogen and oxygen atoms in total. The number of nitrogens with one attached hydrogen (secondary N) is 2. The lowest BCUT2D eigenvalue weighted by Gasteiger charge is -2.07. The van der Waals surface area contributed by atoms with Crippen molar-refractivity contribution < 1.29 is 18.1 Å². The Kier molecular flexibility index (Phi) is 4.24. The van der Waals surface area contributed by atoms with Crippen molar-refractivity contribution in [1.82, 2.24) is 9.71 Å². The lowest BCUT2D eigenvalue weighted by atomic mass is 10.3. The molecule has 0 saturated carbocycles. The SMILES string of the molecule is COc1ccc(S(=O)(=O)NCc2cc[nH]c2)cc1[N+](=O)[O-]. The van der Waals surface area contributed by atoms with Gasteiger partial charge in [0.25, 0.3) is 0 Å². The van der Waals surface area contributed by atoms with Crippen LogP contribution in [0.4, 0.5) is 5.69 Å². The van der Waals surface area contributed by atoms with Crippen LogP contribution in [0, 0.1) is 10.1 Å².